The molecular formula is C16H21BrN4O2SY-2. The Kier molecular flexibility index (Phi) is 13.3. The Morgan fingerprint density at radius 3 is 2.60 bits per heavy atom. The van der Waals surface area contributed by atoms with Crippen molar-refractivity contribution in [1.29, 1.82) is 0 Å². The number of rotatable bonds is 4. The summed E-state index contributed by atoms with van der Waals surface area (Å²) >= 11 is 7.80. The van der Waals surface area contributed by atoms with E-state index in [1.54, 1.807) is 0 Å². The number of carboxylic acid groups (broad SMARTS) is 1. The minimum atomic E-state index is -1.14. The second-order valence-electron chi connectivity index (χ2n) is 4.99. The molecule has 1 aliphatic rings. The fourth-order valence-electron chi connectivity index (χ4n) is 2.08. The number of piperazine rings is 1. The van der Waals surface area contributed by atoms with Crippen molar-refractivity contribution in [3.63, 3.8) is 0 Å². The van der Waals surface area contributed by atoms with E-state index in [0.717, 1.165) is 30.7 Å². The van der Waals surface area contributed by atoms with E-state index in [1.807, 2.05) is 0 Å². The van der Waals surface area contributed by atoms with Crippen molar-refractivity contribution in [2.45, 2.75) is 6.92 Å². The van der Waals surface area contributed by atoms with Gasteiger partial charge in [-0.25, -0.2) is 4.79 Å². The summed E-state index contributed by atoms with van der Waals surface area (Å²) < 4.78 is 3.42. The summed E-state index contributed by atoms with van der Waals surface area (Å²) in [6, 6.07) is 6.46. The summed E-state index contributed by atoms with van der Waals surface area (Å²) in [6.45, 7) is 6.21. The van der Waals surface area contributed by atoms with Gasteiger partial charge in [0.1, 0.15) is 5.70 Å². The second kappa shape index (κ2) is 13.6. The van der Waals surface area contributed by atoms with Crippen LogP contribution in [0.2, 0.25) is 0 Å². The van der Waals surface area contributed by atoms with Gasteiger partial charge in [-0.1, -0.05) is 15.9 Å². The van der Waals surface area contributed by atoms with Gasteiger partial charge in [-0.15, -0.1) is 13.1 Å². The van der Waals surface area contributed by atoms with Gasteiger partial charge in [-0.05, 0) is 62.1 Å². The number of carbonyl (C=O) groups is 1. The molecular weight excluding hydrogens is 481 g/mol. The molecule has 6 nitrogen and oxygen atoms in total. The van der Waals surface area contributed by atoms with Crippen molar-refractivity contribution in [3.05, 3.63) is 57.6 Å². The Morgan fingerprint density at radius 1 is 1.44 bits per heavy atom. The molecule has 0 unspecified atom stereocenters. The van der Waals surface area contributed by atoms with E-state index in [1.165, 1.54) is 29.6 Å². The first-order chi connectivity index (χ1) is 11.5. The van der Waals surface area contributed by atoms with E-state index in [2.05, 4.69) is 68.8 Å². The summed E-state index contributed by atoms with van der Waals surface area (Å²) in [5.74, 6) is -1.14. The Bertz CT molecular complexity index is 608. The summed E-state index contributed by atoms with van der Waals surface area (Å²) in [4.78, 5) is 12.4. The average molecular weight is 502 g/mol. The van der Waals surface area contributed by atoms with E-state index < -0.39 is 5.97 Å². The van der Waals surface area contributed by atoms with Crippen molar-refractivity contribution in [2.75, 3.05) is 31.1 Å². The van der Waals surface area contributed by atoms with Crippen LogP contribution in [0.4, 0.5) is 5.69 Å². The number of allylic oxidation sites excluding steroid dienone is 2. The average Bonchev–Trinajstić information content (AvgIpc) is 2.56. The molecule has 1 aliphatic heterocycles. The van der Waals surface area contributed by atoms with E-state index in [9.17, 15) is 4.79 Å². The molecule has 135 valence electrons. The number of carboxylic acids is 1. The zero-order chi connectivity index (χ0) is 17.9. The third-order valence-electron chi connectivity index (χ3n) is 3.24. The third kappa shape index (κ3) is 9.65. The topological polar surface area (TPSA) is 92.7 Å². The second-order valence-corrected chi connectivity index (χ2v) is 6.14. The normalized spacial score (nSPS) is 14.4. The van der Waals surface area contributed by atoms with Crippen LogP contribution in [0.5, 0.6) is 0 Å². The number of hydrogen-bond acceptors (Lipinski definition) is 5. The molecule has 1 saturated heterocycles. The Balaban J connectivity index is 0.000000471. The van der Waals surface area contributed by atoms with E-state index in [0.29, 0.717) is 0 Å². The number of anilines is 1. The number of halogens is 1. The van der Waals surface area contributed by atoms with Gasteiger partial charge in [-0.3, -0.25) is 0 Å². The molecule has 0 aliphatic carbocycles. The van der Waals surface area contributed by atoms with Gasteiger partial charge in [0.25, 0.3) is 0 Å². The zero-order valence-electron chi connectivity index (χ0n) is 14.0. The van der Waals surface area contributed by atoms with Crippen molar-refractivity contribution < 1.29 is 42.6 Å². The number of benzene rings is 1. The number of aliphatic carboxylic acids is 1. The molecule has 1 radical (unpaired) electrons. The summed E-state index contributed by atoms with van der Waals surface area (Å²) in [5.41, 5.74) is 7.47. The maximum atomic E-state index is 10.0. The zero-order valence-corrected chi connectivity index (χ0v) is 19.2. The number of nitrogens with one attached hydrogen (secondary N) is 1. The van der Waals surface area contributed by atoms with Crippen LogP contribution in [0.1, 0.15) is 5.56 Å². The molecule has 9 heteroatoms. The van der Waals surface area contributed by atoms with Crippen LogP contribution in [-0.2, 0) is 50.3 Å². The maximum Gasteiger partial charge on any atom is 0.351 e. The summed E-state index contributed by atoms with van der Waals surface area (Å²) in [7, 11) is 0. The molecule has 0 bridgehead atoms. The minimum absolute atomic E-state index is 0. The van der Waals surface area contributed by atoms with E-state index in [-0.39, 0.29) is 38.4 Å². The quantitative estimate of drug-likeness (QED) is 0.333. The van der Waals surface area contributed by atoms with Crippen molar-refractivity contribution in [3.8, 4) is 0 Å². The minimum Gasteiger partial charge on any atom is -0.671 e. The standard InChI is InChI=1S/C11H14BrN2.C5H7N2O2S.Y/c1-9-8-10(12)2-3-11(9)14-6-4-13-5-7-14;6-4(5(8)9)2-1-3-7-10;/h2-3,8H,4-7H2,1H3;1-3,7H,6H2,(H,8,9);/q2*-1;/b;3-1+,4-2-;. The van der Waals surface area contributed by atoms with Crippen molar-refractivity contribution in [2.24, 2.45) is 5.73 Å². The smallest absolute Gasteiger partial charge is 0.351 e. The summed E-state index contributed by atoms with van der Waals surface area (Å²) in [6.07, 6.45) is 4.04. The van der Waals surface area contributed by atoms with E-state index in [4.69, 9.17) is 10.8 Å². The SMILES string of the molecule is Cc1cc(Br)ccc1N1CC[N-]CC1.N/C(=C\C=C\N[S-])C(=O)O.[Y]. The van der Waals surface area contributed by atoms with Gasteiger partial charge in [0.2, 0.25) is 0 Å². The molecule has 0 aromatic heterocycles. The van der Waals surface area contributed by atoms with Crippen LogP contribution in [0.3, 0.4) is 0 Å². The maximum absolute atomic E-state index is 10.0. The predicted octanol–water partition coefficient (Wildman–Crippen LogP) is 2.43. The Morgan fingerprint density at radius 2 is 2.08 bits per heavy atom. The first-order valence-corrected chi connectivity index (χ1v) is 8.53. The largest absolute Gasteiger partial charge is 0.671 e. The molecule has 1 aromatic carbocycles. The first kappa shape index (κ1) is 24.5. The Labute approximate surface area is 187 Å². The van der Waals surface area contributed by atoms with Gasteiger partial charge in [0.05, 0.1) is 0 Å². The number of hydrogen-bond donors (Lipinski definition) is 3. The van der Waals surface area contributed by atoms with Gasteiger partial charge in [0.15, 0.2) is 0 Å². The first-order valence-electron chi connectivity index (χ1n) is 7.33. The molecule has 0 saturated carbocycles. The molecule has 2 rings (SSSR count). The van der Waals surface area contributed by atoms with Crippen molar-refractivity contribution in [1.82, 2.24) is 4.72 Å². The molecule has 25 heavy (non-hydrogen) atoms. The molecule has 1 aromatic rings. The van der Waals surface area contributed by atoms with Gasteiger partial charge in [0, 0.05) is 42.9 Å². The Hall–Kier alpha value is -0.536. The van der Waals surface area contributed by atoms with Crippen molar-refractivity contribution >= 4 is 40.4 Å². The van der Waals surface area contributed by atoms with Crippen LogP contribution in [0, 0.1) is 6.92 Å². The van der Waals surface area contributed by atoms with E-state index >= 15 is 0 Å². The molecule has 4 N–H and O–H groups in total. The van der Waals surface area contributed by atoms with Crippen LogP contribution < -0.4 is 15.4 Å². The van der Waals surface area contributed by atoms with Crippen LogP contribution in [0.15, 0.2) is 46.7 Å². The molecule has 0 spiro atoms. The number of nitrogens with zero attached hydrogens (tertiary/aromatic N) is 2. The molecule has 0 atom stereocenters. The summed E-state index contributed by atoms with van der Waals surface area (Å²) in [5, 5.41) is 12.6. The number of aryl methyl sites for hydroxylation is 1. The van der Waals surface area contributed by atoms with Crippen LogP contribution in [0.25, 0.3) is 5.32 Å². The van der Waals surface area contributed by atoms with Gasteiger partial charge < -0.3 is 38.6 Å². The fourth-order valence-corrected chi connectivity index (χ4v) is 2.64. The van der Waals surface area contributed by atoms with Crippen LogP contribution in [-0.4, -0.2) is 37.3 Å². The van der Waals surface area contributed by atoms with Crippen LogP contribution >= 0.6 is 15.9 Å². The van der Waals surface area contributed by atoms with Gasteiger partial charge in [-0.2, -0.15) is 0 Å². The fraction of sp³-hybridized carbons (Fsp3) is 0.312. The van der Waals surface area contributed by atoms with Gasteiger partial charge >= 0.3 is 5.97 Å². The number of nitrogens with two attached hydrogens (primary N) is 1. The molecule has 0 amide bonds. The predicted molar refractivity (Wildman–Crippen MR) is 104 cm³/mol. The molecule has 1 heterocycles. The molecule has 1 fully saturated rings. The monoisotopic (exact) mass is 501 g/mol. The third-order valence-corrected chi connectivity index (χ3v) is 3.87.